The topological polar surface area (TPSA) is 41.1 Å². The molecule has 2 amide bonds. The van der Waals surface area contributed by atoms with Gasteiger partial charge in [0.25, 0.3) is 0 Å². The number of nitrogens with one attached hydrogen (secondary N) is 2. The van der Waals surface area contributed by atoms with Gasteiger partial charge in [0.1, 0.15) is 0 Å². The van der Waals surface area contributed by atoms with E-state index in [1.165, 1.54) is 0 Å². The van der Waals surface area contributed by atoms with E-state index in [4.69, 9.17) is 11.6 Å². The summed E-state index contributed by atoms with van der Waals surface area (Å²) in [7, 11) is 0. The number of alkyl halides is 6. The Kier molecular flexibility index (Phi) is 5.06. The molecule has 0 heterocycles. The average molecular weight is 255 g/mol. The Bertz CT molecular complexity index is 226. The fraction of sp³-hybridized carbons (Fsp3) is 0.833. The minimum atomic E-state index is -4.95. The van der Waals surface area contributed by atoms with Crippen molar-refractivity contribution in [2.24, 2.45) is 0 Å². The average Bonchev–Trinajstić information content (AvgIpc) is 2.13. The Hall–Kier alpha value is -0.790. The molecule has 0 atom stereocenters. The van der Waals surface area contributed by atoms with Gasteiger partial charge in [0.2, 0.25) is 0 Å². The highest BCUT2D eigenvalue weighted by Crippen LogP contribution is 2.31. The molecule has 0 rings (SSSR count). The summed E-state index contributed by atoms with van der Waals surface area (Å²) >= 11 is 5.10. The standard InChI is InChI=1S/C6H8ClF5N2O/c7-1-2-13-4(15)14-6(11,12)5(9,10)3-8/h1-3H2,(H2,13,14,15). The van der Waals surface area contributed by atoms with Crippen molar-refractivity contribution in [3.63, 3.8) is 0 Å². The molecule has 3 nitrogen and oxygen atoms in total. The minimum Gasteiger partial charge on any atom is -0.337 e. The van der Waals surface area contributed by atoms with Gasteiger partial charge in [-0.3, -0.25) is 5.32 Å². The fourth-order valence-corrected chi connectivity index (χ4v) is 0.617. The first-order valence-electron chi connectivity index (χ1n) is 3.70. The van der Waals surface area contributed by atoms with E-state index in [0.717, 1.165) is 0 Å². The van der Waals surface area contributed by atoms with Gasteiger partial charge in [-0.15, -0.1) is 11.6 Å². The van der Waals surface area contributed by atoms with Crippen molar-refractivity contribution in [2.75, 3.05) is 19.1 Å². The van der Waals surface area contributed by atoms with Crippen molar-refractivity contribution in [1.82, 2.24) is 10.6 Å². The van der Waals surface area contributed by atoms with Crippen molar-refractivity contribution in [1.29, 1.82) is 0 Å². The maximum Gasteiger partial charge on any atom is 0.392 e. The molecule has 0 aliphatic heterocycles. The molecule has 0 radical (unpaired) electrons. The molecule has 0 bridgehead atoms. The maximum absolute atomic E-state index is 12.5. The van der Waals surface area contributed by atoms with Gasteiger partial charge in [0.05, 0.1) is 0 Å². The molecule has 0 aromatic carbocycles. The maximum atomic E-state index is 12.5. The van der Waals surface area contributed by atoms with Crippen LogP contribution in [0.5, 0.6) is 0 Å². The molecule has 9 heteroatoms. The number of amides is 2. The third kappa shape index (κ3) is 4.06. The summed E-state index contributed by atoms with van der Waals surface area (Å²) in [6.45, 7) is -2.75. The number of hydrogen-bond acceptors (Lipinski definition) is 1. The molecule has 15 heavy (non-hydrogen) atoms. The lowest BCUT2D eigenvalue weighted by Gasteiger charge is -2.24. The van der Waals surface area contributed by atoms with Crippen LogP contribution in [0.2, 0.25) is 0 Å². The molecule has 0 spiro atoms. The van der Waals surface area contributed by atoms with Crippen LogP contribution in [0, 0.1) is 0 Å². The first-order chi connectivity index (χ1) is 6.77. The quantitative estimate of drug-likeness (QED) is 0.438. The first-order valence-corrected chi connectivity index (χ1v) is 4.24. The van der Waals surface area contributed by atoms with Crippen LogP contribution < -0.4 is 10.6 Å². The summed E-state index contributed by atoms with van der Waals surface area (Å²) in [4.78, 5) is 10.6. The molecule has 0 aliphatic rings. The lowest BCUT2D eigenvalue weighted by atomic mass is 10.3. The highest BCUT2D eigenvalue weighted by molar-refractivity contribution is 6.18. The molecule has 0 aromatic rings. The predicted octanol–water partition coefficient (Wildman–Crippen LogP) is 1.72. The summed E-state index contributed by atoms with van der Waals surface area (Å²) in [5.41, 5.74) is 0. The fourth-order valence-electron chi connectivity index (χ4n) is 0.523. The SMILES string of the molecule is O=C(NCCCl)NC(F)(F)C(F)(F)CF. The second-order valence-corrected chi connectivity index (χ2v) is 2.86. The van der Waals surface area contributed by atoms with Gasteiger partial charge in [-0.1, -0.05) is 0 Å². The number of carbonyl (C=O) groups is 1. The van der Waals surface area contributed by atoms with Gasteiger partial charge in [-0.2, -0.15) is 17.6 Å². The molecular formula is C6H8ClF5N2O. The number of rotatable bonds is 5. The van der Waals surface area contributed by atoms with E-state index < -0.39 is 24.7 Å². The molecule has 0 saturated heterocycles. The Labute approximate surface area is 87.0 Å². The van der Waals surface area contributed by atoms with Gasteiger partial charge < -0.3 is 5.32 Å². The van der Waals surface area contributed by atoms with Crippen molar-refractivity contribution >= 4 is 17.6 Å². The van der Waals surface area contributed by atoms with Crippen LogP contribution in [0.25, 0.3) is 0 Å². The molecule has 0 fully saturated rings. The number of urea groups is 1. The Morgan fingerprint density at radius 3 is 2.20 bits per heavy atom. The van der Waals surface area contributed by atoms with E-state index in [-0.39, 0.29) is 12.4 Å². The van der Waals surface area contributed by atoms with Crippen molar-refractivity contribution < 1.29 is 26.7 Å². The molecule has 2 N–H and O–H groups in total. The zero-order chi connectivity index (χ0) is 12.1. The van der Waals surface area contributed by atoms with Crippen molar-refractivity contribution in [3.8, 4) is 0 Å². The van der Waals surface area contributed by atoms with Crippen LogP contribution >= 0.6 is 11.6 Å². The van der Waals surface area contributed by atoms with Gasteiger partial charge >= 0.3 is 18.0 Å². The lowest BCUT2D eigenvalue weighted by molar-refractivity contribution is -0.225. The molecule has 0 saturated carbocycles. The second kappa shape index (κ2) is 5.34. The van der Waals surface area contributed by atoms with E-state index in [2.05, 4.69) is 0 Å². The van der Waals surface area contributed by atoms with Gasteiger partial charge in [0, 0.05) is 12.4 Å². The van der Waals surface area contributed by atoms with Gasteiger partial charge in [-0.25, -0.2) is 9.18 Å². The lowest BCUT2D eigenvalue weighted by Crippen LogP contribution is -2.57. The minimum absolute atomic E-state index is 0.0709. The zero-order valence-electron chi connectivity index (χ0n) is 7.30. The summed E-state index contributed by atoms with van der Waals surface area (Å²) in [6.07, 6.45) is 0. The monoisotopic (exact) mass is 254 g/mol. The summed E-state index contributed by atoms with van der Waals surface area (Å²) in [5, 5.41) is 2.42. The van der Waals surface area contributed by atoms with Gasteiger partial charge in [-0.05, 0) is 0 Å². The molecule has 0 aliphatic carbocycles. The molecule has 0 unspecified atom stereocenters. The van der Waals surface area contributed by atoms with Crippen LogP contribution in [0.1, 0.15) is 0 Å². The molecular weight excluding hydrogens is 247 g/mol. The Balaban J connectivity index is 4.31. The van der Waals surface area contributed by atoms with E-state index >= 15 is 0 Å². The molecule has 90 valence electrons. The first kappa shape index (κ1) is 14.2. The normalized spacial score (nSPS) is 12.4. The Morgan fingerprint density at radius 1 is 1.27 bits per heavy atom. The largest absolute Gasteiger partial charge is 0.392 e. The predicted molar refractivity (Wildman–Crippen MR) is 43.1 cm³/mol. The Morgan fingerprint density at radius 2 is 1.80 bits per heavy atom. The van der Waals surface area contributed by atoms with E-state index in [0.29, 0.717) is 5.32 Å². The highest BCUT2D eigenvalue weighted by Gasteiger charge is 2.57. The van der Waals surface area contributed by atoms with Crippen molar-refractivity contribution in [2.45, 2.75) is 12.0 Å². The summed E-state index contributed by atoms with van der Waals surface area (Å²) in [6, 6.07) is -6.49. The van der Waals surface area contributed by atoms with E-state index in [1.54, 1.807) is 5.32 Å². The smallest absolute Gasteiger partial charge is 0.337 e. The zero-order valence-corrected chi connectivity index (χ0v) is 8.05. The van der Waals surface area contributed by atoms with Crippen LogP contribution in [0.3, 0.4) is 0 Å². The van der Waals surface area contributed by atoms with Crippen LogP contribution in [0.4, 0.5) is 26.7 Å². The third-order valence-electron chi connectivity index (χ3n) is 1.28. The second-order valence-electron chi connectivity index (χ2n) is 2.48. The highest BCUT2D eigenvalue weighted by atomic mass is 35.5. The third-order valence-corrected chi connectivity index (χ3v) is 1.47. The van der Waals surface area contributed by atoms with E-state index in [9.17, 15) is 26.7 Å². The van der Waals surface area contributed by atoms with Crippen LogP contribution in [-0.2, 0) is 0 Å². The van der Waals surface area contributed by atoms with Gasteiger partial charge in [0.15, 0.2) is 6.67 Å². The summed E-state index contributed by atoms with van der Waals surface area (Å²) in [5.74, 6) is -5.01. The summed E-state index contributed by atoms with van der Waals surface area (Å²) < 4.78 is 61.0. The van der Waals surface area contributed by atoms with E-state index in [1.807, 2.05) is 0 Å². The number of halogens is 6. The van der Waals surface area contributed by atoms with Crippen LogP contribution in [0.15, 0.2) is 0 Å². The molecule has 0 aromatic heterocycles. The van der Waals surface area contributed by atoms with Crippen LogP contribution in [-0.4, -0.2) is 37.1 Å². The number of carbonyl (C=O) groups excluding carboxylic acids is 1. The van der Waals surface area contributed by atoms with Crippen molar-refractivity contribution in [3.05, 3.63) is 0 Å². The number of hydrogen-bond donors (Lipinski definition) is 2.